The maximum absolute atomic E-state index is 5.42. The molecule has 1 aromatic carbocycles. The van der Waals surface area contributed by atoms with Crippen molar-refractivity contribution in [3.63, 3.8) is 0 Å². The van der Waals surface area contributed by atoms with Crippen LogP contribution in [-0.4, -0.2) is 44.3 Å². The van der Waals surface area contributed by atoms with Crippen molar-refractivity contribution in [2.75, 3.05) is 39.4 Å². The minimum absolute atomic E-state index is 0.420. The highest BCUT2D eigenvalue weighted by Crippen LogP contribution is 2.20. The van der Waals surface area contributed by atoms with Gasteiger partial charge in [0.25, 0.3) is 0 Å². The fourth-order valence-electron chi connectivity index (χ4n) is 2.78. The van der Waals surface area contributed by atoms with E-state index in [-0.39, 0.29) is 0 Å². The molecule has 1 unspecified atom stereocenters. The molecule has 3 nitrogen and oxygen atoms in total. The Kier molecular flexibility index (Phi) is 5.37. The third-order valence-electron chi connectivity index (χ3n) is 3.80. The van der Waals surface area contributed by atoms with Crippen molar-refractivity contribution in [3.05, 3.63) is 34.9 Å². The summed E-state index contributed by atoms with van der Waals surface area (Å²) in [5.74, 6) is 0. The van der Waals surface area contributed by atoms with Crippen molar-refractivity contribution in [2.24, 2.45) is 0 Å². The summed E-state index contributed by atoms with van der Waals surface area (Å²) in [7, 11) is 0. The molecule has 3 heteroatoms. The summed E-state index contributed by atoms with van der Waals surface area (Å²) in [5, 5.41) is 3.62. The average molecular weight is 262 g/mol. The zero-order valence-electron chi connectivity index (χ0n) is 12.4. The Bertz CT molecular complexity index is 400. The van der Waals surface area contributed by atoms with E-state index in [4.69, 9.17) is 4.74 Å². The molecule has 1 heterocycles. The van der Waals surface area contributed by atoms with Crippen LogP contribution in [0.15, 0.2) is 18.2 Å². The lowest BCUT2D eigenvalue weighted by Gasteiger charge is -2.31. The fraction of sp³-hybridized carbons (Fsp3) is 0.625. The number of nitrogens with one attached hydrogen (secondary N) is 1. The van der Waals surface area contributed by atoms with E-state index in [0.717, 1.165) is 39.4 Å². The van der Waals surface area contributed by atoms with E-state index in [1.54, 1.807) is 0 Å². The van der Waals surface area contributed by atoms with Gasteiger partial charge in [-0.05, 0) is 31.5 Å². The van der Waals surface area contributed by atoms with Gasteiger partial charge in [0, 0.05) is 25.7 Å². The van der Waals surface area contributed by atoms with Gasteiger partial charge in [-0.3, -0.25) is 4.90 Å². The average Bonchev–Trinajstić information content (AvgIpc) is 2.39. The Morgan fingerprint density at radius 3 is 2.63 bits per heavy atom. The quantitative estimate of drug-likeness (QED) is 0.881. The predicted octanol–water partition coefficient (Wildman–Crippen LogP) is 2.29. The molecule has 2 rings (SSSR count). The van der Waals surface area contributed by atoms with Gasteiger partial charge in [-0.2, -0.15) is 0 Å². The highest BCUT2D eigenvalue weighted by atomic mass is 16.5. The number of hydrogen-bond acceptors (Lipinski definition) is 3. The number of benzene rings is 1. The van der Waals surface area contributed by atoms with Gasteiger partial charge in [0.15, 0.2) is 0 Å². The molecule has 0 bridgehead atoms. The van der Waals surface area contributed by atoms with Gasteiger partial charge in [0.2, 0.25) is 0 Å². The number of aryl methyl sites for hydroxylation is 2. The van der Waals surface area contributed by atoms with Crippen molar-refractivity contribution in [2.45, 2.75) is 26.8 Å². The highest BCUT2D eigenvalue weighted by Gasteiger charge is 2.18. The zero-order valence-corrected chi connectivity index (χ0v) is 12.4. The van der Waals surface area contributed by atoms with Crippen LogP contribution in [0.4, 0.5) is 0 Å². The topological polar surface area (TPSA) is 24.5 Å². The lowest BCUT2D eigenvalue weighted by atomic mass is 9.98. The van der Waals surface area contributed by atoms with E-state index < -0.39 is 0 Å². The Labute approximate surface area is 116 Å². The Morgan fingerprint density at radius 2 is 2.00 bits per heavy atom. The molecule has 0 aliphatic carbocycles. The third-order valence-corrected chi connectivity index (χ3v) is 3.80. The monoisotopic (exact) mass is 262 g/mol. The molecule has 1 aliphatic rings. The molecular weight excluding hydrogens is 236 g/mol. The first-order valence-corrected chi connectivity index (χ1v) is 7.31. The summed E-state index contributed by atoms with van der Waals surface area (Å²) in [4.78, 5) is 2.50. The fourth-order valence-corrected chi connectivity index (χ4v) is 2.78. The number of likely N-dealkylation sites (N-methyl/N-ethyl adjacent to an activating group) is 1. The lowest BCUT2D eigenvalue weighted by molar-refractivity contribution is 0.0335. The van der Waals surface area contributed by atoms with Crippen LogP contribution in [0.1, 0.15) is 29.7 Å². The number of nitrogens with zero attached hydrogens (tertiary/aromatic N) is 1. The zero-order chi connectivity index (χ0) is 13.7. The normalized spacial score (nSPS) is 18.5. The second-order valence-electron chi connectivity index (χ2n) is 5.38. The van der Waals surface area contributed by atoms with E-state index in [1.165, 1.54) is 16.7 Å². The third kappa shape index (κ3) is 4.03. The number of ether oxygens (including phenoxy) is 1. The molecule has 1 atom stereocenters. The SMILES string of the molecule is CCNC(CN1CCOCC1)c1ccc(C)cc1C. The molecule has 19 heavy (non-hydrogen) atoms. The summed E-state index contributed by atoms with van der Waals surface area (Å²) < 4.78 is 5.42. The number of hydrogen-bond donors (Lipinski definition) is 1. The minimum atomic E-state index is 0.420. The molecule has 106 valence electrons. The van der Waals surface area contributed by atoms with Crippen LogP contribution in [0.2, 0.25) is 0 Å². The Morgan fingerprint density at radius 1 is 1.26 bits per heavy atom. The maximum atomic E-state index is 5.42. The highest BCUT2D eigenvalue weighted by molar-refractivity contribution is 5.33. The maximum Gasteiger partial charge on any atom is 0.0594 e. The molecule has 0 amide bonds. The molecule has 0 saturated carbocycles. The summed E-state index contributed by atoms with van der Waals surface area (Å²) >= 11 is 0. The van der Waals surface area contributed by atoms with E-state index >= 15 is 0 Å². The van der Waals surface area contributed by atoms with Gasteiger partial charge in [-0.15, -0.1) is 0 Å². The molecule has 1 aliphatic heterocycles. The molecule has 1 fully saturated rings. The first-order valence-electron chi connectivity index (χ1n) is 7.31. The van der Waals surface area contributed by atoms with Gasteiger partial charge >= 0.3 is 0 Å². The van der Waals surface area contributed by atoms with Gasteiger partial charge in [-0.25, -0.2) is 0 Å². The number of rotatable bonds is 5. The second kappa shape index (κ2) is 7.04. The molecule has 0 spiro atoms. The van der Waals surface area contributed by atoms with Gasteiger partial charge in [0.05, 0.1) is 13.2 Å². The molecule has 1 aromatic rings. The molecular formula is C16H26N2O. The van der Waals surface area contributed by atoms with Crippen LogP contribution < -0.4 is 5.32 Å². The van der Waals surface area contributed by atoms with Crippen molar-refractivity contribution in [1.82, 2.24) is 10.2 Å². The summed E-state index contributed by atoms with van der Waals surface area (Å²) in [5.41, 5.74) is 4.15. The minimum Gasteiger partial charge on any atom is -0.379 e. The van der Waals surface area contributed by atoms with Crippen molar-refractivity contribution in [1.29, 1.82) is 0 Å². The van der Waals surface area contributed by atoms with Gasteiger partial charge in [0.1, 0.15) is 0 Å². The van der Waals surface area contributed by atoms with E-state index in [0.29, 0.717) is 6.04 Å². The summed E-state index contributed by atoms with van der Waals surface area (Å²) in [6.07, 6.45) is 0. The second-order valence-corrected chi connectivity index (χ2v) is 5.38. The largest absolute Gasteiger partial charge is 0.379 e. The molecule has 1 saturated heterocycles. The van der Waals surface area contributed by atoms with Crippen LogP contribution in [-0.2, 0) is 4.74 Å². The van der Waals surface area contributed by atoms with E-state index in [1.807, 2.05) is 0 Å². The van der Waals surface area contributed by atoms with Gasteiger partial charge in [-0.1, -0.05) is 30.7 Å². The van der Waals surface area contributed by atoms with Crippen LogP contribution in [0, 0.1) is 13.8 Å². The van der Waals surface area contributed by atoms with Crippen LogP contribution in [0.5, 0.6) is 0 Å². The van der Waals surface area contributed by atoms with Crippen LogP contribution >= 0.6 is 0 Å². The summed E-state index contributed by atoms with van der Waals surface area (Å²) in [6, 6.07) is 7.19. The molecule has 0 aromatic heterocycles. The predicted molar refractivity (Wildman–Crippen MR) is 79.6 cm³/mol. The Balaban J connectivity index is 2.09. The van der Waals surface area contributed by atoms with Crippen LogP contribution in [0.3, 0.4) is 0 Å². The van der Waals surface area contributed by atoms with Gasteiger partial charge < -0.3 is 10.1 Å². The van der Waals surface area contributed by atoms with Crippen molar-refractivity contribution in [3.8, 4) is 0 Å². The number of morpholine rings is 1. The van der Waals surface area contributed by atoms with Crippen LogP contribution in [0.25, 0.3) is 0 Å². The molecule has 1 N–H and O–H groups in total. The lowest BCUT2D eigenvalue weighted by Crippen LogP contribution is -2.42. The van der Waals surface area contributed by atoms with Crippen molar-refractivity contribution >= 4 is 0 Å². The smallest absolute Gasteiger partial charge is 0.0594 e. The standard InChI is InChI=1S/C16H26N2O/c1-4-17-16(12-18-7-9-19-10-8-18)15-6-5-13(2)11-14(15)3/h5-6,11,16-17H,4,7-10,12H2,1-3H3. The summed E-state index contributed by atoms with van der Waals surface area (Å²) in [6.45, 7) is 12.4. The van der Waals surface area contributed by atoms with Crippen molar-refractivity contribution < 1.29 is 4.74 Å². The Hall–Kier alpha value is -0.900. The molecule has 0 radical (unpaired) electrons. The van der Waals surface area contributed by atoms with E-state index in [2.05, 4.69) is 49.2 Å². The van der Waals surface area contributed by atoms with E-state index in [9.17, 15) is 0 Å². The first kappa shape index (κ1) is 14.5. The first-order chi connectivity index (χ1) is 9.20.